The van der Waals surface area contributed by atoms with Crippen LogP contribution >= 0.6 is 0 Å². The molecule has 6 heteroatoms. The smallest absolute Gasteiger partial charge is 0.322 e. The Morgan fingerprint density at radius 3 is 2.84 bits per heavy atom. The van der Waals surface area contributed by atoms with Crippen LogP contribution in [0.3, 0.4) is 0 Å². The summed E-state index contributed by atoms with van der Waals surface area (Å²) in [7, 11) is 0. The van der Waals surface area contributed by atoms with Crippen molar-refractivity contribution in [2.75, 3.05) is 36.5 Å². The molecule has 2 heterocycles. The van der Waals surface area contributed by atoms with Crippen LogP contribution in [0.1, 0.15) is 33.1 Å². The lowest BCUT2D eigenvalue weighted by atomic mass is 10.0. The molecule has 3 rings (SSSR count). The zero-order valence-corrected chi connectivity index (χ0v) is 15.0. The van der Waals surface area contributed by atoms with E-state index < -0.39 is 0 Å². The van der Waals surface area contributed by atoms with Crippen molar-refractivity contribution >= 4 is 23.3 Å². The molecule has 1 aromatic rings. The third kappa shape index (κ3) is 4.12. The minimum absolute atomic E-state index is 0.0920. The van der Waals surface area contributed by atoms with Gasteiger partial charge in [0, 0.05) is 19.5 Å². The van der Waals surface area contributed by atoms with Gasteiger partial charge >= 0.3 is 6.03 Å². The number of carbonyl (C=O) groups excluding carboxylic acids is 2. The normalized spacial score (nSPS) is 21.1. The molecule has 0 spiro atoms. The number of urea groups is 1. The molecule has 1 aromatic carbocycles. The number of nitrogens with one attached hydrogen (secondary N) is 1. The maximum Gasteiger partial charge on any atom is 0.322 e. The van der Waals surface area contributed by atoms with Crippen LogP contribution in [0.2, 0.25) is 0 Å². The van der Waals surface area contributed by atoms with Crippen LogP contribution in [-0.4, -0.2) is 49.2 Å². The van der Waals surface area contributed by atoms with E-state index in [1.165, 1.54) is 0 Å². The quantitative estimate of drug-likeness (QED) is 0.912. The molecule has 0 aromatic heterocycles. The summed E-state index contributed by atoms with van der Waals surface area (Å²) in [6.07, 6.45) is 2.35. The van der Waals surface area contributed by atoms with Crippen molar-refractivity contribution in [3.8, 4) is 0 Å². The van der Waals surface area contributed by atoms with Gasteiger partial charge in [0.05, 0.1) is 30.6 Å². The Hall–Kier alpha value is -2.08. The number of nitrogens with zero attached hydrogens (tertiary/aromatic N) is 2. The Morgan fingerprint density at radius 2 is 2.12 bits per heavy atom. The van der Waals surface area contributed by atoms with Crippen LogP contribution in [0, 0.1) is 5.92 Å². The van der Waals surface area contributed by atoms with Gasteiger partial charge in [-0.15, -0.1) is 0 Å². The first-order valence-electron chi connectivity index (χ1n) is 9.11. The Kier molecular flexibility index (Phi) is 5.58. The summed E-state index contributed by atoms with van der Waals surface area (Å²) in [4.78, 5) is 28.6. The zero-order valence-electron chi connectivity index (χ0n) is 15.0. The van der Waals surface area contributed by atoms with Gasteiger partial charge in [-0.05, 0) is 30.9 Å². The molecule has 1 unspecified atom stereocenters. The largest absolute Gasteiger partial charge is 0.377 e. The van der Waals surface area contributed by atoms with E-state index in [-0.39, 0.29) is 18.0 Å². The van der Waals surface area contributed by atoms with E-state index in [1.807, 2.05) is 29.2 Å². The van der Waals surface area contributed by atoms with E-state index in [0.29, 0.717) is 44.3 Å². The molecule has 3 amide bonds. The Bertz CT molecular complexity index is 632. The fraction of sp³-hybridized carbons (Fsp3) is 0.579. The summed E-state index contributed by atoms with van der Waals surface area (Å²) in [6, 6.07) is 7.50. The van der Waals surface area contributed by atoms with Crippen molar-refractivity contribution < 1.29 is 14.3 Å². The average Bonchev–Trinajstić information content (AvgIpc) is 3.01. The fourth-order valence-corrected chi connectivity index (χ4v) is 3.57. The second-order valence-corrected chi connectivity index (χ2v) is 7.15. The van der Waals surface area contributed by atoms with E-state index in [2.05, 4.69) is 19.2 Å². The summed E-state index contributed by atoms with van der Waals surface area (Å²) in [5.41, 5.74) is 1.48. The highest BCUT2D eigenvalue weighted by Crippen LogP contribution is 2.30. The molecule has 2 aliphatic rings. The molecule has 136 valence electrons. The molecule has 0 saturated carbocycles. The van der Waals surface area contributed by atoms with Crippen LogP contribution in [0.15, 0.2) is 24.3 Å². The van der Waals surface area contributed by atoms with Crippen LogP contribution in [-0.2, 0) is 9.53 Å². The molecule has 2 aliphatic heterocycles. The molecule has 25 heavy (non-hydrogen) atoms. The topological polar surface area (TPSA) is 61.9 Å². The maximum absolute atomic E-state index is 12.9. The lowest BCUT2D eigenvalue weighted by Crippen LogP contribution is -2.50. The highest BCUT2D eigenvalue weighted by molar-refractivity contribution is 6.01. The molecule has 1 atom stereocenters. The van der Waals surface area contributed by atoms with Gasteiger partial charge < -0.3 is 19.9 Å². The molecule has 2 saturated heterocycles. The molecule has 1 N–H and O–H groups in total. The van der Waals surface area contributed by atoms with Gasteiger partial charge in [-0.1, -0.05) is 26.0 Å². The molecule has 0 radical (unpaired) electrons. The van der Waals surface area contributed by atoms with E-state index in [9.17, 15) is 9.59 Å². The maximum atomic E-state index is 12.9. The lowest BCUT2D eigenvalue weighted by molar-refractivity contribution is -0.117. The van der Waals surface area contributed by atoms with Crippen LogP contribution in [0.5, 0.6) is 0 Å². The lowest BCUT2D eigenvalue weighted by Gasteiger charge is -2.36. The van der Waals surface area contributed by atoms with Crippen molar-refractivity contribution in [1.82, 2.24) is 4.90 Å². The highest BCUT2D eigenvalue weighted by Gasteiger charge is 2.29. The third-order valence-electron chi connectivity index (χ3n) is 4.74. The SMILES string of the molecule is CC(C)CC1COCCN1C(=O)Nc1ccccc1N1CCCC1=O. The predicted molar refractivity (Wildman–Crippen MR) is 97.8 cm³/mol. The number of amides is 3. The molecule has 0 aliphatic carbocycles. The highest BCUT2D eigenvalue weighted by atomic mass is 16.5. The summed E-state index contributed by atoms with van der Waals surface area (Å²) < 4.78 is 5.56. The number of carbonyl (C=O) groups is 2. The number of ether oxygens (including phenoxy) is 1. The monoisotopic (exact) mass is 345 g/mol. The Balaban J connectivity index is 1.75. The molecule has 0 bridgehead atoms. The second-order valence-electron chi connectivity index (χ2n) is 7.15. The van der Waals surface area contributed by atoms with Crippen LogP contribution in [0.4, 0.5) is 16.2 Å². The minimum Gasteiger partial charge on any atom is -0.377 e. The fourth-order valence-electron chi connectivity index (χ4n) is 3.57. The second kappa shape index (κ2) is 7.87. The van der Waals surface area contributed by atoms with E-state index >= 15 is 0 Å². The summed E-state index contributed by atoms with van der Waals surface area (Å²) in [5, 5.41) is 3.02. The standard InChI is InChI=1S/C19H27N3O3/c1-14(2)12-15-13-25-11-10-21(15)19(24)20-16-6-3-4-7-17(16)22-9-5-8-18(22)23/h3-4,6-7,14-15H,5,8-13H2,1-2H3,(H,20,24). The first-order chi connectivity index (χ1) is 12.1. The predicted octanol–water partition coefficient (Wildman–Crippen LogP) is 3.09. The van der Waals surface area contributed by atoms with Crippen molar-refractivity contribution in [1.29, 1.82) is 0 Å². The number of hydrogen-bond donors (Lipinski definition) is 1. The van der Waals surface area contributed by atoms with Gasteiger partial charge in [0.25, 0.3) is 0 Å². The Labute approximate surface area is 149 Å². The number of rotatable bonds is 4. The van der Waals surface area contributed by atoms with E-state index in [0.717, 1.165) is 18.5 Å². The van der Waals surface area contributed by atoms with Gasteiger partial charge in [-0.25, -0.2) is 4.79 Å². The molecule has 6 nitrogen and oxygen atoms in total. The molecular weight excluding hydrogens is 318 g/mol. The summed E-state index contributed by atoms with van der Waals surface area (Å²) >= 11 is 0. The van der Waals surface area contributed by atoms with Crippen molar-refractivity contribution in [2.45, 2.75) is 39.2 Å². The minimum atomic E-state index is -0.118. The van der Waals surface area contributed by atoms with Crippen LogP contribution < -0.4 is 10.2 Å². The average molecular weight is 345 g/mol. The molecular formula is C19H27N3O3. The molecule has 2 fully saturated rings. The van der Waals surface area contributed by atoms with Crippen LogP contribution in [0.25, 0.3) is 0 Å². The van der Waals surface area contributed by atoms with E-state index in [4.69, 9.17) is 4.74 Å². The summed E-state index contributed by atoms with van der Waals surface area (Å²) in [5.74, 6) is 0.613. The van der Waals surface area contributed by atoms with Gasteiger partial charge in [0.1, 0.15) is 0 Å². The number of benzene rings is 1. The van der Waals surface area contributed by atoms with Gasteiger partial charge in [-0.2, -0.15) is 0 Å². The summed E-state index contributed by atoms with van der Waals surface area (Å²) in [6.45, 7) is 6.75. The zero-order chi connectivity index (χ0) is 17.8. The van der Waals surface area contributed by atoms with Crippen molar-refractivity contribution in [3.63, 3.8) is 0 Å². The number of morpholine rings is 1. The van der Waals surface area contributed by atoms with E-state index in [1.54, 1.807) is 4.90 Å². The van der Waals surface area contributed by atoms with Crippen molar-refractivity contribution in [3.05, 3.63) is 24.3 Å². The third-order valence-corrected chi connectivity index (χ3v) is 4.74. The number of hydrogen-bond acceptors (Lipinski definition) is 3. The first-order valence-corrected chi connectivity index (χ1v) is 9.11. The first kappa shape index (κ1) is 17.7. The number of anilines is 2. The Morgan fingerprint density at radius 1 is 1.32 bits per heavy atom. The van der Waals surface area contributed by atoms with Gasteiger partial charge in [0.15, 0.2) is 0 Å². The number of para-hydroxylation sites is 2. The van der Waals surface area contributed by atoms with Crippen molar-refractivity contribution in [2.24, 2.45) is 5.92 Å². The van der Waals surface area contributed by atoms with Gasteiger partial charge in [0.2, 0.25) is 5.91 Å². The van der Waals surface area contributed by atoms with Gasteiger partial charge in [-0.3, -0.25) is 4.79 Å².